The minimum absolute atomic E-state index is 0. The van der Waals surface area contributed by atoms with Gasteiger partial charge in [-0.3, -0.25) is 4.98 Å². The van der Waals surface area contributed by atoms with Gasteiger partial charge in [-0.15, -0.1) is 54.1 Å². The monoisotopic (exact) mass is 874 g/mol. The van der Waals surface area contributed by atoms with Crippen LogP contribution in [0.15, 0.2) is 132 Å². The van der Waals surface area contributed by atoms with Crippen molar-refractivity contribution < 1.29 is 32.7 Å². The maximum absolute atomic E-state index is 7.81. The van der Waals surface area contributed by atoms with Crippen LogP contribution in [0.5, 0.6) is 0 Å². The zero-order chi connectivity index (χ0) is 40.9. The fourth-order valence-electron chi connectivity index (χ4n) is 6.94. The van der Waals surface area contributed by atoms with Crippen LogP contribution in [0.25, 0.3) is 72.1 Å². The van der Waals surface area contributed by atoms with E-state index >= 15 is 0 Å². The molecule has 3 aromatic heterocycles. The van der Waals surface area contributed by atoms with Gasteiger partial charge in [0.25, 0.3) is 0 Å². The van der Waals surface area contributed by atoms with Crippen LogP contribution >= 0.6 is 0 Å². The Morgan fingerprint density at radius 3 is 2.13 bits per heavy atom. The second-order valence-electron chi connectivity index (χ2n) is 13.6. The molecule has 0 spiro atoms. The molecule has 1 radical (unpaired) electrons. The third-order valence-corrected chi connectivity index (χ3v) is 9.54. The zero-order valence-corrected chi connectivity index (χ0v) is 32.3. The van der Waals surface area contributed by atoms with E-state index in [2.05, 4.69) is 104 Å². The number of para-hydroxylation sites is 3. The Kier molecular flexibility index (Phi) is 8.22. The Morgan fingerprint density at radius 1 is 0.698 bits per heavy atom. The van der Waals surface area contributed by atoms with E-state index in [1.54, 1.807) is 6.07 Å². The van der Waals surface area contributed by atoms with E-state index in [1.807, 2.05) is 54.6 Å². The normalized spacial score (nSPS) is 13.5. The van der Waals surface area contributed by atoms with Gasteiger partial charge in [0.05, 0.1) is 22.4 Å². The van der Waals surface area contributed by atoms with Crippen LogP contribution in [-0.4, -0.2) is 14.5 Å². The van der Waals surface area contributed by atoms with Crippen molar-refractivity contribution in [3.05, 3.63) is 162 Å². The van der Waals surface area contributed by atoms with Crippen molar-refractivity contribution in [1.82, 2.24) is 14.5 Å². The van der Waals surface area contributed by atoms with Crippen molar-refractivity contribution in [3.63, 3.8) is 0 Å². The maximum atomic E-state index is 7.81. The van der Waals surface area contributed by atoms with Crippen LogP contribution in [0.2, 0.25) is 0 Å². The van der Waals surface area contributed by atoms with E-state index < -0.39 is 13.7 Å². The van der Waals surface area contributed by atoms with E-state index in [0.717, 1.165) is 50.2 Å². The number of aryl methyl sites for hydroxylation is 2. The number of pyridine rings is 1. The van der Waals surface area contributed by atoms with Gasteiger partial charge in [0.2, 0.25) is 0 Å². The summed E-state index contributed by atoms with van der Waals surface area (Å²) in [4.78, 5) is 9.26. The maximum Gasteiger partial charge on any atom is 0.121 e. The molecular formula is C48H41IrN3O-2. The smallest absolute Gasteiger partial charge is 0.121 e. The fraction of sp³-hybridized carbons (Fsp3) is 0.167. The number of hydrogen-bond acceptors (Lipinski definition) is 3. The molecule has 0 atom stereocenters. The Labute approximate surface area is 333 Å². The molecule has 0 saturated carbocycles. The average molecular weight is 874 g/mol. The quantitative estimate of drug-likeness (QED) is 0.162. The first-order valence-corrected chi connectivity index (χ1v) is 17.6. The van der Waals surface area contributed by atoms with Crippen molar-refractivity contribution in [2.24, 2.45) is 0 Å². The van der Waals surface area contributed by atoms with Gasteiger partial charge in [-0.1, -0.05) is 105 Å². The number of fused-ring (bicyclic) bond motifs is 5. The Balaban J connectivity index is 0.000000178. The van der Waals surface area contributed by atoms with Gasteiger partial charge in [-0.05, 0) is 83.0 Å². The van der Waals surface area contributed by atoms with Crippen molar-refractivity contribution >= 4 is 43.7 Å². The molecule has 265 valence electrons. The molecule has 4 nitrogen and oxygen atoms in total. The topological polar surface area (TPSA) is 43.9 Å². The van der Waals surface area contributed by atoms with Crippen molar-refractivity contribution in [3.8, 4) is 28.3 Å². The summed E-state index contributed by atoms with van der Waals surface area (Å²) in [5.41, 5.74) is 8.62. The second kappa shape index (κ2) is 14.9. The Morgan fingerprint density at radius 2 is 1.42 bits per heavy atom. The standard InChI is InChI=1S/C25H25N2.C23H16NO.Ir/c1-17(2)20-13-10-14-21(18(3)4)24(20)27-23-16-9-8-15-22(23)26-25(27)19-11-6-5-7-12-19;1-14-10-21(24-13-15(14)2)19-9-5-8-18-20-11-16-6-3-4-7-17(16)12-22(20)25-23(18)19;/h5-11,13-18H,1-4H3;3-8,10-13H,1-2H3;/q2*-1;/i;1D3,2D3;. The molecule has 0 saturated heterocycles. The molecule has 0 amide bonds. The average Bonchev–Trinajstić information content (AvgIpc) is 3.77. The fourth-order valence-corrected chi connectivity index (χ4v) is 6.94. The summed E-state index contributed by atoms with van der Waals surface area (Å²) in [6.07, 6.45) is 1.12. The molecule has 3 heterocycles. The summed E-state index contributed by atoms with van der Waals surface area (Å²) in [7, 11) is 0. The van der Waals surface area contributed by atoms with Crippen molar-refractivity contribution in [2.75, 3.05) is 0 Å². The molecule has 0 N–H and O–H groups in total. The molecule has 5 heteroatoms. The van der Waals surface area contributed by atoms with Crippen LogP contribution < -0.4 is 0 Å². The van der Waals surface area contributed by atoms with Gasteiger partial charge in [0.1, 0.15) is 5.58 Å². The van der Waals surface area contributed by atoms with Gasteiger partial charge in [-0.2, -0.15) is 0 Å². The number of benzene rings is 6. The number of nitrogens with zero attached hydrogens (tertiary/aromatic N) is 3. The van der Waals surface area contributed by atoms with Gasteiger partial charge >= 0.3 is 0 Å². The van der Waals surface area contributed by atoms with Gasteiger partial charge in [0.15, 0.2) is 0 Å². The summed E-state index contributed by atoms with van der Waals surface area (Å²) < 4.78 is 54.9. The first kappa shape index (κ1) is 29.1. The van der Waals surface area contributed by atoms with E-state index in [9.17, 15) is 0 Å². The molecular weight excluding hydrogens is 827 g/mol. The number of furan rings is 1. The van der Waals surface area contributed by atoms with Crippen LogP contribution in [0.1, 0.15) is 70.0 Å². The minimum atomic E-state index is -2.60. The molecule has 0 aliphatic heterocycles. The van der Waals surface area contributed by atoms with Gasteiger partial charge in [-0.25, -0.2) is 0 Å². The first-order valence-electron chi connectivity index (χ1n) is 20.6. The third kappa shape index (κ3) is 6.72. The molecule has 53 heavy (non-hydrogen) atoms. The number of rotatable bonds is 5. The largest absolute Gasteiger partial charge is 0.501 e. The molecule has 9 aromatic rings. The van der Waals surface area contributed by atoms with E-state index in [0.29, 0.717) is 34.3 Å². The van der Waals surface area contributed by atoms with Crippen molar-refractivity contribution in [1.29, 1.82) is 0 Å². The second-order valence-corrected chi connectivity index (χ2v) is 13.6. The number of hydrogen-bond donors (Lipinski definition) is 0. The molecule has 0 unspecified atom stereocenters. The third-order valence-electron chi connectivity index (χ3n) is 9.54. The van der Waals surface area contributed by atoms with Crippen LogP contribution in [0.4, 0.5) is 0 Å². The van der Waals surface area contributed by atoms with Gasteiger partial charge < -0.3 is 14.0 Å². The SMILES string of the molecule is CC(C)c1cccc(C(C)C)c1-n1c(-c2[c-]cccc2)nc2ccccc21.[2H]C([2H])([2H])c1cnc(-c2[c-]ccc3c2oc2cc4ccccc4cc23)cc1C([2H])([2H])[2H].[Ir]. The van der Waals surface area contributed by atoms with Gasteiger partial charge in [0, 0.05) is 45.6 Å². The van der Waals surface area contributed by atoms with Crippen molar-refractivity contribution in [2.45, 2.75) is 53.2 Å². The predicted octanol–water partition coefficient (Wildman–Crippen LogP) is 13.0. The summed E-state index contributed by atoms with van der Waals surface area (Å²) in [6, 6.07) is 46.5. The van der Waals surface area contributed by atoms with E-state index in [-0.39, 0.29) is 31.2 Å². The van der Waals surface area contributed by atoms with Crippen LogP contribution in [-0.2, 0) is 20.1 Å². The van der Waals surface area contributed by atoms with E-state index in [1.165, 1.54) is 22.9 Å². The van der Waals surface area contributed by atoms with Crippen LogP contribution in [0, 0.1) is 25.8 Å². The number of aromatic nitrogens is 3. The summed E-state index contributed by atoms with van der Waals surface area (Å²) in [5.74, 6) is 1.80. The molecule has 6 aromatic carbocycles. The Hall–Kier alpha value is -5.35. The molecule has 0 aliphatic carbocycles. The molecule has 0 aliphatic rings. The summed E-state index contributed by atoms with van der Waals surface area (Å²) in [5, 5.41) is 3.91. The first-order chi connectivity index (χ1) is 27.7. The zero-order valence-electron chi connectivity index (χ0n) is 35.9. The predicted molar refractivity (Wildman–Crippen MR) is 216 cm³/mol. The summed E-state index contributed by atoms with van der Waals surface area (Å²) >= 11 is 0. The minimum Gasteiger partial charge on any atom is -0.501 e. The number of imidazole rings is 1. The molecule has 9 rings (SSSR count). The molecule has 0 bridgehead atoms. The summed E-state index contributed by atoms with van der Waals surface area (Å²) in [6.45, 7) is 3.87. The van der Waals surface area contributed by atoms with Crippen LogP contribution in [0.3, 0.4) is 0 Å². The molecule has 0 fully saturated rings. The van der Waals surface area contributed by atoms with E-state index in [4.69, 9.17) is 17.6 Å². The Bertz CT molecular complexity index is 2920.